The maximum absolute atomic E-state index is 4.83. The fourth-order valence-electron chi connectivity index (χ4n) is 7.28. The van der Waals surface area contributed by atoms with Crippen LogP contribution in [0.2, 0.25) is 0 Å². The number of benzene rings is 7. The first-order chi connectivity index (χ1) is 26.7. The van der Waals surface area contributed by atoms with E-state index in [4.69, 9.17) is 15.0 Å². The van der Waals surface area contributed by atoms with Crippen molar-refractivity contribution in [3.05, 3.63) is 197 Å². The zero-order valence-corrected chi connectivity index (χ0v) is 32.9. The first-order valence-electron chi connectivity index (χ1n) is 19.0. The SMILES string of the molecule is Cc1ccccc1-c1cc(-c2ccccc2C)c(C)c(-c2ccccc2C)c1.Cc1ccccc1-c1nc(-c2ccccc2C)nc(-c2ccccc2C)n1. The summed E-state index contributed by atoms with van der Waals surface area (Å²) in [6, 6.07) is 55.3. The molecule has 0 aliphatic heterocycles. The lowest BCUT2D eigenvalue weighted by Gasteiger charge is -2.19. The van der Waals surface area contributed by atoms with Crippen molar-refractivity contribution in [2.24, 2.45) is 0 Å². The van der Waals surface area contributed by atoms with Crippen molar-refractivity contribution in [3.8, 4) is 67.5 Å². The van der Waals surface area contributed by atoms with Crippen LogP contribution < -0.4 is 0 Å². The molecule has 0 fully saturated rings. The van der Waals surface area contributed by atoms with Crippen LogP contribution in [0.1, 0.15) is 38.9 Å². The molecule has 0 saturated carbocycles. The molecule has 8 aromatic rings. The number of aromatic nitrogens is 3. The Kier molecular flexibility index (Phi) is 10.9. The minimum atomic E-state index is 0.708. The van der Waals surface area contributed by atoms with Crippen molar-refractivity contribution in [3.63, 3.8) is 0 Å². The summed E-state index contributed by atoms with van der Waals surface area (Å²) in [4.78, 5) is 14.5. The Labute approximate surface area is 326 Å². The van der Waals surface area contributed by atoms with Gasteiger partial charge in [-0.1, -0.05) is 146 Å². The molecule has 0 radical (unpaired) electrons. The standard InChI is InChI=1S/C28H26.C24H21N3/c1-19-11-5-8-14-24(19)23-17-27(25-15-9-6-12-20(25)2)22(4)28(18-23)26-16-10-7-13-21(26)3;1-16-10-4-7-13-19(16)22-25-23(20-14-8-5-11-17(20)2)27-24(26-22)21-15-9-6-12-18(21)3/h5-18H,1-4H3;4-15H,1-3H3. The van der Waals surface area contributed by atoms with Crippen molar-refractivity contribution in [2.45, 2.75) is 48.5 Å². The molecule has 8 rings (SSSR count). The topological polar surface area (TPSA) is 38.7 Å². The van der Waals surface area contributed by atoms with E-state index in [1.54, 1.807) is 0 Å². The third-order valence-corrected chi connectivity index (χ3v) is 10.5. The maximum atomic E-state index is 4.83. The predicted molar refractivity (Wildman–Crippen MR) is 232 cm³/mol. The van der Waals surface area contributed by atoms with Gasteiger partial charge in [0.25, 0.3) is 0 Å². The van der Waals surface area contributed by atoms with Gasteiger partial charge < -0.3 is 0 Å². The summed E-state index contributed by atoms with van der Waals surface area (Å²) in [5, 5.41) is 0. The van der Waals surface area contributed by atoms with Gasteiger partial charge in [0, 0.05) is 16.7 Å². The average molecular weight is 714 g/mol. The zero-order chi connectivity index (χ0) is 38.5. The fourth-order valence-corrected chi connectivity index (χ4v) is 7.28. The summed E-state index contributed by atoms with van der Waals surface area (Å²) in [7, 11) is 0. The van der Waals surface area contributed by atoms with Crippen LogP contribution in [-0.4, -0.2) is 15.0 Å². The highest BCUT2D eigenvalue weighted by molar-refractivity contribution is 5.87. The molecule has 0 saturated heterocycles. The van der Waals surface area contributed by atoms with E-state index in [1.807, 2.05) is 36.4 Å². The average Bonchev–Trinajstić information content (AvgIpc) is 3.19. The van der Waals surface area contributed by atoms with E-state index in [2.05, 4.69) is 170 Å². The first kappa shape index (κ1) is 36.9. The van der Waals surface area contributed by atoms with Crippen molar-refractivity contribution in [1.82, 2.24) is 15.0 Å². The minimum Gasteiger partial charge on any atom is -0.208 e. The summed E-state index contributed by atoms with van der Waals surface area (Å²) in [6.45, 7) is 15.1. The molecule has 7 aromatic carbocycles. The lowest BCUT2D eigenvalue weighted by atomic mass is 9.85. The van der Waals surface area contributed by atoms with Gasteiger partial charge >= 0.3 is 0 Å². The smallest absolute Gasteiger partial charge is 0.164 e. The van der Waals surface area contributed by atoms with Crippen molar-refractivity contribution < 1.29 is 0 Å². The molecule has 270 valence electrons. The summed E-state index contributed by atoms with van der Waals surface area (Å²) in [5.74, 6) is 2.12. The predicted octanol–water partition coefficient (Wildman–Crippen LogP) is 13.7. The molecule has 0 unspecified atom stereocenters. The van der Waals surface area contributed by atoms with Gasteiger partial charge in [-0.3, -0.25) is 0 Å². The number of rotatable bonds is 6. The van der Waals surface area contributed by atoms with Crippen LogP contribution in [0.3, 0.4) is 0 Å². The summed E-state index contributed by atoms with van der Waals surface area (Å²) >= 11 is 0. The summed E-state index contributed by atoms with van der Waals surface area (Å²) in [6.07, 6.45) is 0. The van der Waals surface area contributed by atoms with Gasteiger partial charge in [0.05, 0.1) is 0 Å². The van der Waals surface area contributed by atoms with Crippen LogP contribution in [0.5, 0.6) is 0 Å². The molecule has 0 bridgehead atoms. The maximum Gasteiger partial charge on any atom is 0.164 e. The Balaban J connectivity index is 0.000000169. The first-order valence-corrected chi connectivity index (χ1v) is 19.0. The van der Waals surface area contributed by atoms with Gasteiger partial charge in [-0.2, -0.15) is 0 Å². The molecular formula is C52H47N3. The Morgan fingerprint density at radius 2 is 0.491 bits per heavy atom. The van der Waals surface area contributed by atoms with E-state index in [1.165, 1.54) is 55.6 Å². The summed E-state index contributed by atoms with van der Waals surface area (Å²) in [5.41, 5.74) is 19.6. The second-order valence-electron chi connectivity index (χ2n) is 14.4. The van der Waals surface area contributed by atoms with E-state index < -0.39 is 0 Å². The number of hydrogen-bond acceptors (Lipinski definition) is 3. The number of aryl methyl sites for hydroxylation is 6. The van der Waals surface area contributed by atoms with E-state index in [-0.39, 0.29) is 0 Å². The largest absolute Gasteiger partial charge is 0.208 e. The fraction of sp³-hybridized carbons (Fsp3) is 0.135. The molecule has 3 heteroatoms. The highest BCUT2D eigenvalue weighted by Gasteiger charge is 2.17. The van der Waals surface area contributed by atoms with Crippen molar-refractivity contribution in [1.29, 1.82) is 0 Å². The molecule has 0 aliphatic rings. The van der Waals surface area contributed by atoms with Crippen LogP contribution >= 0.6 is 0 Å². The molecule has 1 heterocycles. The molecule has 0 amide bonds. The Morgan fingerprint density at radius 3 is 0.764 bits per heavy atom. The van der Waals surface area contributed by atoms with Crippen LogP contribution in [0.25, 0.3) is 67.5 Å². The van der Waals surface area contributed by atoms with Crippen LogP contribution in [0.4, 0.5) is 0 Å². The molecule has 0 atom stereocenters. The normalized spacial score (nSPS) is 10.8. The lowest BCUT2D eigenvalue weighted by Crippen LogP contribution is -2.02. The van der Waals surface area contributed by atoms with E-state index in [0.29, 0.717) is 17.5 Å². The third-order valence-electron chi connectivity index (χ3n) is 10.5. The number of nitrogens with zero attached hydrogens (tertiary/aromatic N) is 3. The van der Waals surface area contributed by atoms with Crippen molar-refractivity contribution >= 4 is 0 Å². The van der Waals surface area contributed by atoms with E-state index >= 15 is 0 Å². The highest BCUT2D eigenvalue weighted by atomic mass is 15.0. The van der Waals surface area contributed by atoms with Gasteiger partial charge in [-0.05, 0) is 133 Å². The van der Waals surface area contributed by atoms with Gasteiger partial charge in [0.1, 0.15) is 0 Å². The quantitative estimate of drug-likeness (QED) is 0.172. The van der Waals surface area contributed by atoms with Crippen LogP contribution in [0.15, 0.2) is 158 Å². The molecule has 1 aromatic heterocycles. The molecule has 0 spiro atoms. The van der Waals surface area contributed by atoms with Crippen LogP contribution in [-0.2, 0) is 0 Å². The van der Waals surface area contributed by atoms with Gasteiger partial charge in [0.2, 0.25) is 0 Å². The molecule has 0 aliphatic carbocycles. The van der Waals surface area contributed by atoms with Crippen molar-refractivity contribution in [2.75, 3.05) is 0 Å². The molecule has 0 N–H and O–H groups in total. The monoisotopic (exact) mass is 713 g/mol. The van der Waals surface area contributed by atoms with Gasteiger partial charge in [-0.25, -0.2) is 15.0 Å². The summed E-state index contributed by atoms with van der Waals surface area (Å²) < 4.78 is 0. The highest BCUT2D eigenvalue weighted by Crippen LogP contribution is 2.39. The van der Waals surface area contributed by atoms with Crippen LogP contribution in [0, 0.1) is 48.5 Å². The second kappa shape index (κ2) is 16.3. The van der Waals surface area contributed by atoms with Gasteiger partial charge in [-0.15, -0.1) is 0 Å². The Hall–Kier alpha value is -6.45. The number of hydrogen-bond donors (Lipinski definition) is 0. The van der Waals surface area contributed by atoms with E-state index in [0.717, 1.165) is 33.4 Å². The van der Waals surface area contributed by atoms with E-state index in [9.17, 15) is 0 Å². The van der Waals surface area contributed by atoms with Gasteiger partial charge in [0.15, 0.2) is 17.5 Å². The minimum absolute atomic E-state index is 0.708. The molecule has 55 heavy (non-hydrogen) atoms. The molecular weight excluding hydrogens is 667 g/mol. The lowest BCUT2D eigenvalue weighted by molar-refractivity contribution is 1.06. The Bertz CT molecular complexity index is 2410. The Morgan fingerprint density at radius 1 is 0.255 bits per heavy atom. The molecule has 3 nitrogen and oxygen atoms in total. The second-order valence-corrected chi connectivity index (χ2v) is 14.4. The third kappa shape index (κ3) is 7.93. The zero-order valence-electron chi connectivity index (χ0n) is 32.9.